The minimum absolute atomic E-state index is 0.465. The van der Waals surface area contributed by atoms with Gasteiger partial charge in [-0.3, -0.25) is 0 Å². The lowest BCUT2D eigenvalue weighted by Crippen LogP contribution is -1.71. The highest BCUT2D eigenvalue weighted by Gasteiger charge is 2.00. The van der Waals surface area contributed by atoms with Crippen LogP contribution in [0.3, 0.4) is 0 Å². The second kappa shape index (κ2) is 2.24. The monoisotopic (exact) mass is 167 g/mol. The Morgan fingerprint density at radius 1 is 1.45 bits per heavy atom. The molecule has 0 fully saturated rings. The normalized spacial score (nSPS) is 10.7. The molecule has 0 saturated heterocycles. The molecule has 0 amide bonds. The Morgan fingerprint density at radius 3 is 3.09 bits per heavy atom. The number of hydrogen-bond donors (Lipinski definition) is 0. The molecular formula is C8H6ClNO. The van der Waals surface area contributed by atoms with E-state index in [0.29, 0.717) is 10.9 Å². The maximum atomic E-state index is 5.66. The molecule has 0 aliphatic rings. The summed E-state index contributed by atoms with van der Waals surface area (Å²) in [7, 11) is 0. The molecule has 0 radical (unpaired) electrons. The number of pyridine rings is 1. The Balaban J connectivity index is 2.82. The highest BCUT2D eigenvalue weighted by atomic mass is 35.5. The molecule has 0 N–H and O–H groups in total. The van der Waals surface area contributed by atoms with E-state index in [1.165, 1.54) is 0 Å². The smallest absolute Gasteiger partial charge is 0.227 e. The van der Waals surface area contributed by atoms with Gasteiger partial charge in [0.25, 0.3) is 0 Å². The van der Waals surface area contributed by atoms with Crippen LogP contribution in [0.25, 0.3) is 11.1 Å². The second-order valence-corrected chi connectivity index (χ2v) is 2.77. The van der Waals surface area contributed by atoms with Gasteiger partial charge in [-0.25, -0.2) is 4.98 Å². The van der Waals surface area contributed by atoms with Crippen LogP contribution in [0.2, 0.25) is 5.15 Å². The average molecular weight is 168 g/mol. The standard InChI is InChI=1S/C8H6ClNO/c1-5-4-6-2-3-7(9)10-8(6)11-5/h2-4H,1H3. The zero-order valence-corrected chi connectivity index (χ0v) is 6.72. The first-order chi connectivity index (χ1) is 5.25. The SMILES string of the molecule is Cc1cc2ccc(Cl)nc2o1. The topological polar surface area (TPSA) is 26.0 Å². The van der Waals surface area contributed by atoms with Gasteiger partial charge < -0.3 is 4.42 Å². The number of rotatable bonds is 0. The molecule has 2 nitrogen and oxygen atoms in total. The van der Waals surface area contributed by atoms with Crippen molar-refractivity contribution in [1.29, 1.82) is 0 Å². The van der Waals surface area contributed by atoms with Crippen LogP contribution in [0.1, 0.15) is 5.76 Å². The third-order valence-electron chi connectivity index (χ3n) is 1.47. The van der Waals surface area contributed by atoms with E-state index in [0.717, 1.165) is 11.1 Å². The number of fused-ring (bicyclic) bond motifs is 1. The van der Waals surface area contributed by atoms with E-state index in [9.17, 15) is 0 Å². The van der Waals surface area contributed by atoms with Gasteiger partial charge in [-0.05, 0) is 25.1 Å². The third kappa shape index (κ3) is 1.10. The molecule has 2 heterocycles. The van der Waals surface area contributed by atoms with Crippen molar-refractivity contribution in [2.75, 3.05) is 0 Å². The van der Waals surface area contributed by atoms with E-state index < -0.39 is 0 Å². The van der Waals surface area contributed by atoms with Gasteiger partial charge in [0.1, 0.15) is 10.9 Å². The summed E-state index contributed by atoms with van der Waals surface area (Å²) in [5, 5.41) is 1.46. The summed E-state index contributed by atoms with van der Waals surface area (Å²) < 4.78 is 5.25. The molecule has 2 rings (SSSR count). The summed E-state index contributed by atoms with van der Waals surface area (Å²) in [6.07, 6.45) is 0. The number of nitrogens with zero attached hydrogens (tertiary/aromatic N) is 1. The predicted molar refractivity (Wildman–Crippen MR) is 43.8 cm³/mol. The summed E-state index contributed by atoms with van der Waals surface area (Å²) in [5.74, 6) is 0.856. The lowest BCUT2D eigenvalue weighted by atomic mass is 10.3. The number of aromatic nitrogens is 1. The first-order valence-electron chi connectivity index (χ1n) is 3.28. The van der Waals surface area contributed by atoms with Crippen molar-refractivity contribution in [2.45, 2.75) is 6.92 Å². The van der Waals surface area contributed by atoms with E-state index >= 15 is 0 Å². The Bertz CT molecular complexity index is 394. The first-order valence-corrected chi connectivity index (χ1v) is 3.66. The van der Waals surface area contributed by atoms with Gasteiger partial charge in [0, 0.05) is 5.39 Å². The van der Waals surface area contributed by atoms with Crippen LogP contribution in [-0.4, -0.2) is 4.98 Å². The van der Waals surface area contributed by atoms with Crippen molar-refractivity contribution in [3.8, 4) is 0 Å². The number of furan rings is 1. The summed E-state index contributed by atoms with van der Waals surface area (Å²) in [5.41, 5.74) is 0.606. The minimum atomic E-state index is 0.465. The maximum Gasteiger partial charge on any atom is 0.227 e. The molecule has 2 aromatic rings. The predicted octanol–water partition coefficient (Wildman–Crippen LogP) is 2.79. The molecular weight excluding hydrogens is 162 g/mol. The van der Waals surface area contributed by atoms with Crippen molar-refractivity contribution >= 4 is 22.7 Å². The van der Waals surface area contributed by atoms with Crippen molar-refractivity contribution in [1.82, 2.24) is 4.98 Å². The summed E-state index contributed by atoms with van der Waals surface area (Å²) in [4.78, 5) is 4.00. The van der Waals surface area contributed by atoms with E-state index in [1.807, 2.05) is 19.1 Å². The van der Waals surface area contributed by atoms with Crippen LogP contribution in [0, 0.1) is 6.92 Å². The lowest BCUT2D eigenvalue weighted by molar-refractivity contribution is 0.568. The first kappa shape index (κ1) is 6.68. The Labute approximate surface area is 68.8 Å². The molecule has 0 spiro atoms. The van der Waals surface area contributed by atoms with Crippen LogP contribution < -0.4 is 0 Å². The molecule has 0 aliphatic carbocycles. The zero-order chi connectivity index (χ0) is 7.84. The number of hydrogen-bond acceptors (Lipinski definition) is 2. The summed E-state index contributed by atoms with van der Waals surface area (Å²) in [6, 6.07) is 5.57. The molecule has 0 unspecified atom stereocenters. The van der Waals surface area contributed by atoms with Gasteiger partial charge >= 0.3 is 0 Å². The largest absolute Gasteiger partial charge is 0.443 e. The molecule has 0 aromatic carbocycles. The van der Waals surface area contributed by atoms with E-state index in [1.54, 1.807) is 6.07 Å². The van der Waals surface area contributed by atoms with Crippen LogP contribution >= 0.6 is 11.6 Å². The number of halogens is 1. The van der Waals surface area contributed by atoms with Crippen molar-refractivity contribution in [3.63, 3.8) is 0 Å². The van der Waals surface area contributed by atoms with Gasteiger partial charge in [0.2, 0.25) is 5.71 Å². The molecule has 0 atom stereocenters. The molecule has 11 heavy (non-hydrogen) atoms. The highest BCUT2D eigenvalue weighted by Crippen LogP contribution is 2.18. The summed E-state index contributed by atoms with van der Waals surface area (Å²) in [6.45, 7) is 1.88. The van der Waals surface area contributed by atoms with Crippen molar-refractivity contribution in [2.24, 2.45) is 0 Å². The fraction of sp³-hybridized carbons (Fsp3) is 0.125. The minimum Gasteiger partial charge on any atom is -0.443 e. The third-order valence-corrected chi connectivity index (χ3v) is 1.68. The quantitative estimate of drug-likeness (QED) is 0.564. The van der Waals surface area contributed by atoms with Gasteiger partial charge in [-0.15, -0.1) is 0 Å². The Kier molecular flexibility index (Phi) is 1.36. The lowest BCUT2D eigenvalue weighted by Gasteiger charge is -1.86. The van der Waals surface area contributed by atoms with E-state index in [-0.39, 0.29) is 0 Å². The fourth-order valence-electron chi connectivity index (χ4n) is 1.02. The summed E-state index contributed by atoms with van der Waals surface area (Å²) >= 11 is 5.66. The molecule has 0 saturated carbocycles. The highest BCUT2D eigenvalue weighted by molar-refractivity contribution is 6.29. The van der Waals surface area contributed by atoms with Crippen LogP contribution in [0.4, 0.5) is 0 Å². The van der Waals surface area contributed by atoms with Gasteiger partial charge in [-0.2, -0.15) is 0 Å². The van der Waals surface area contributed by atoms with Crippen LogP contribution in [0.15, 0.2) is 22.6 Å². The fourth-order valence-corrected chi connectivity index (χ4v) is 1.16. The van der Waals surface area contributed by atoms with Crippen LogP contribution in [0.5, 0.6) is 0 Å². The van der Waals surface area contributed by atoms with E-state index in [2.05, 4.69) is 4.98 Å². The Hall–Kier alpha value is -1.02. The molecule has 0 aliphatic heterocycles. The van der Waals surface area contributed by atoms with Gasteiger partial charge in [-0.1, -0.05) is 11.6 Å². The maximum absolute atomic E-state index is 5.66. The van der Waals surface area contributed by atoms with Gasteiger partial charge in [0.05, 0.1) is 0 Å². The molecule has 0 bridgehead atoms. The molecule has 56 valence electrons. The molecule has 2 aromatic heterocycles. The second-order valence-electron chi connectivity index (χ2n) is 2.39. The number of aryl methyl sites for hydroxylation is 1. The van der Waals surface area contributed by atoms with E-state index in [4.69, 9.17) is 16.0 Å². The average Bonchev–Trinajstić information content (AvgIpc) is 2.27. The molecule has 3 heteroatoms. The Morgan fingerprint density at radius 2 is 2.27 bits per heavy atom. The van der Waals surface area contributed by atoms with Gasteiger partial charge in [0.15, 0.2) is 0 Å². The van der Waals surface area contributed by atoms with Crippen LogP contribution in [-0.2, 0) is 0 Å². The van der Waals surface area contributed by atoms with Crippen molar-refractivity contribution < 1.29 is 4.42 Å². The van der Waals surface area contributed by atoms with Crippen molar-refractivity contribution in [3.05, 3.63) is 29.1 Å². The zero-order valence-electron chi connectivity index (χ0n) is 5.97.